The Bertz CT molecular complexity index is 1270. The Morgan fingerprint density at radius 2 is 1.76 bits per heavy atom. The molecule has 2 aliphatic heterocycles. The first-order valence-electron chi connectivity index (χ1n) is 10.2. The van der Waals surface area contributed by atoms with Gasteiger partial charge in [0.15, 0.2) is 15.7 Å². The molecule has 2 aliphatic rings. The molecule has 1 aromatic heterocycles. The summed E-state index contributed by atoms with van der Waals surface area (Å²) >= 11 is 6.27. The number of nitrogens with one attached hydrogen (secondary N) is 2. The molecule has 0 spiro atoms. The molecule has 0 saturated carbocycles. The molecule has 1 saturated heterocycles. The van der Waals surface area contributed by atoms with Crippen molar-refractivity contribution in [2.45, 2.75) is 6.61 Å². The monoisotopic (exact) mass is 488 g/mol. The molecule has 172 valence electrons. The van der Waals surface area contributed by atoms with Gasteiger partial charge in [-0.15, -0.1) is 5.23 Å². The minimum Gasteiger partial charge on any atom is -0.369 e. The van der Waals surface area contributed by atoms with Gasteiger partial charge in [-0.05, 0) is 36.4 Å². The topological polar surface area (TPSA) is 120 Å². The number of sulfone groups is 1. The van der Waals surface area contributed by atoms with Gasteiger partial charge in [-0.1, -0.05) is 17.7 Å². The maximum absolute atomic E-state index is 11.6. The Kier molecular flexibility index (Phi) is 5.71. The number of fused-ring (bicyclic) bond motifs is 1. The average molecular weight is 489 g/mol. The molecule has 0 radical (unpaired) electrons. The van der Waals surface area contributed by atoms with Crippen molar-refractivity contribution in [3.8, 4) is 0 Å². The minimum absolute atomic E-state index is 0.176. The normalized spacial score (nSPS) is 17.0. The highest BCUT2D eigenvalue weighted by atomic mass is 35.5. The lowest BCUT2D eigenvalue weighted by atomic mass is 10.2. The predicted octanol–water partition coefficient (Wildman–Crippen LogP) is 3.49. The zero-order valence-corrected chi connectivity index (χ0v) is 19.0. The zero-order chi connectivity index (χ0) is 23.0. The Morgan fingerprint density at radius 3 is 2.52 bits per heavy atom. The molecule has 33 heavy (non-hydrogen) atoms. The van der Waals surface area contributed by atoms with Gasteiger partial charge in [0.1, 0.15) is 17.3 Å². The van der Waals surface area contributed by atoms with Crippen LogP contribution in [0.25, 0.3) is 0 Å². The van der Waals surface area contributed by atoms with E-state index in [1.54, 1.807) is 6.07 Å². The van der Waals surface area contributed by atoms with Gasteiger partial charge < -0.3 is 15.5 Å². The third-order valence-electron chi connectivity index (χ3n) is 5.47. The van der Waals surface area contributed by atoms with Gasteiger partial charge >= 0.3 is 0 Å². The van der Waals surface area contributed by atoms with E-state index in [-0.39, 0.29) is 11.5 Å². The first-order chi connectivity index (χ1) is 15.9. The van der Waals surface area contributed by atoms with E-state index in [1.807, 2.05) is 36.4 Å². The summed E-state index contributed by atoms with van der Waals surface area (Å²) in [5, 5.41) is 17.1. The SMILES string of the molecule is O=S1(=O)CCN(c2ccc(Nc3ncc(Cl)c(Nc4ccc5c(c4)N(O)OC5)n3)cc2)CC1. The number of anilines is 6. The highest BCUT2D eigenvalue weighted by molar-refractivity contribution is 7.91. The Labute approximate surface area is 195 Å². The van der Waals surface area contributed by atoms with Crippen molar-refractivity contribution in [1.82, 2.24) is 9.97 Å². The summed E-state index contributed by atoms with van der Waals surface area (Å²) in [7, 11) is -2.92. The number of aromatic nitrogens is 2. The fraction of sp³-hybridized carbons (Fsp3) is 0.238. The maximum atomic E-state index is 11.6. The van der Waals surface area contributed by atoms with E-state index < -0.39 is 9.84 Å². The molecule has 3 heterocycles. The molecule has 10 nitrogen and oxygen atoms in total. The average Bonchev–Trinajstić information content (AvgIpc) is 3.17. The summed E-state index contributed by atoms with van der Waals surface area (Å²) < 4.78 is 23.3. The maximum Gasteiger partial charge on any atom is 0.229 e. The number of halogens is 1. The fourth-order valence-corrected chi connectivity index (χ4v) is 4.99. The van der Waals surface area contributed by atoms with Crippen LogP contribution in [0.1, 0.15) is 5.56 Å². The standard InChI is InChI=1S/C21H21ClN6O4S/c22-18-12-23-21(26-20(18)24-16-2-1-14-13-32-28(29)19(14)11-16)25-15-3-5-17(6-4-15)27-7-9-33(30,31)10-8-27/h1-6,11-12,29H,7-10,13H2,(H2,23,24,25,26). The molecule has 0 atom stereocenters. The van der Waals surface area contributed by atoms with Crippen LogP contribution >= 0.6 is 11.6 Å². The molecular formula is C21H21ClN6O4S. The lowest BCUT2D eigenvalue weighted by Gasteiger charge is -2.28. The third-order valence-corrected chi connectivity index (χ3v) is 7.36. The second-order valence-corrected chi connectivity index (χ2v) is 10.4. The summed E-state index contributed by atoms with van der Waals surface area (Å²) in [6, 6.07) is 13.1. The van der Waals surface area contributed by atoms with E-state index in [4.69, 9.17) is 16.4 Å². The molecule has 0 bridgehead atoms. The Hall–Kier alpha value is -3.12. The number of rotatable bonds is 5. The first kappa shape index (κ1) is 21.7. The quantitative estimate of drug-likeness (QED) is 0.492. The fourth-order valence-electron chi connectivity index (χ4n) is 3.65. The van der Waals surface area contributed by atoms with E-state index in [9.17, 15) is 13.6 Å². The van der Waals surface area contributed by atoms with E-state index in [1.165, 1.54) is 6.20 Å². The number of hydrogen-bond donors (Lipinski definition) is 3. The summed E-state index contributed by atoms with van der Waals surface area (Å²) in [6.07, 6.45) is 1.50. The van der Waals surface area contributed by atoms with Crippen molar-refractivity contribution in [3.63, 3.8) is 0 Å². The van der Waals surface area contributed by atoms with Crippen LogP contribution in [0.2, 0.25) is 5.02 Å². The van der Waals surface area contributed by atoms with Gasteiger partial charge in [-0.25, -0.2) is 18.2 Å². The van der Waals surface area contributed by atoms with Crippen LogP contribution in [0.4, 0.5) is 34.5 Å². The molecule has 1 fully saturated rings. The lowest BCUT2D eigenvalue weighted by Crippen LogP contribution is -2.40. The summed E-state index contributed by atoms with van der Waals surface area (Å²) in [5.41, 5.74) is 3.84. The van der Waals surface area contributed by atoms with Gasteiger partial charge in [-0.3, -0.25) is 5.21 Å². The molecule has 12 heteroatoms. The van der Waals surface area contributed by atoms with Crippen LogP contribution in [0.3, 0.4) is 0 Å². The minimum atomic E-state index is -2.92. The summed E-state index contributed by atoms with van der Waals surface area (Å²) in [6.45, 7) is 1.30. The molecule has 0 aliphatic carbocycles. The van der Waals surface area contributed by atoms with Gasteiger partial charge in [0, 0.05) is 35.7 Å². The number of nitrogens with zero attached hydrogens (tertiary/aromatic N) is 4. The molecule has 3 N–H and O–H groups in total. The van der Waals surface area contributed by atoms with E-state index in [2.05, 4.69) is 25.5 Å². The largest absolute Gasteiger partial charge is 0.369 e. The van der Waals surface area contributed by atoms with Gasteiger partial charge in [0.2, 0.25) is 5.95 Å². The number of benzene rings is 2. The van der Waals surface area contributed by atoms with Crippen molar-refractivity contribution < 1.29 is 18.5 Å². The molecular weight excluding hydrogens is 468 g/mol. The van der Waals surface area contributed by atoms with Crippen LogP contribution in [0.15, 0.2) is 48.7 Å². The summed E-state index contributed by atoms with van der Waals surface area (Å²) in [4.78, 5) is 15.8. The predicted molar refractivity (Wildman–Crippen MR) is 126 cm³/mol. The highest BCUT2D eigenvalue weighted by Gasteiger charge is 2.22. The molecule has 0 unspecified atom stereocenters. The highest BCUT2D eigenvalue weighted by Crippen LogP contribution is 2.32. The van der Waals surface area contributed by atoms with Crippen molar-refractivity contribution in [2.75, 3.05) is 45.4 Å². The van der Waals surface area contributed by atoms with Crippen molar-refractivity contribution in [2.24, 2.45) is 0 Å². The van der Waals surface area contributed by atoms with Crippen LogP contribution in [0, 0.1) is 0 Å². The van der Waals surface area contributed by atoms with E-state index in [0.717, 1.165) is 22.2 Å². The summed E-state index contributed by atoms with van der Waals surface area (Å²) in [5.74, 6) is 1.11. The molecule has 2 aromatic carbocycles. The van der Waals surface area contributed by atoms with Crippen LogP contribution in [-0.4, -0.2) is 48.2 Å². The van der Waals surface area contributed by atoms with Crippen molar-refractivity contribution >= 4 is 56.0 Å². The first-order valence-corrected chi connectivity index (χ1v) is 12.4. The van der Waals surface area contributed by atoms with Gasteiger partial charge in [0.25, 0.3) is 0 Å². The second-order valence-electron chi connectivity index (χ2n) is 7.72. The second kappa shape index (κ2) is 8.67. The van der Waals surface area contributed by atoms with Gasteiger partial charge in [0.05, 0.1) is 17.7 Å². The Morgan fingerprint density at radius 1 is 1.03 bits per heavy atom. The Balaban J connectivity index is 1.28. The van der Waals surface area contributed by atoms with Crippen molar-refractivity contribution in [1.29, 1.82) is 0 Å². The molecule has 3 aromatic rings. The van der Waals surface area contributed by atoms with Crippen molar-refractivity contribution in [3.05, 3.63) is 59.2 Å². The van der Waals surface area contributed by atoms with Crippen LogP contribution in [-0.2, 0) is 21.3 Å². The number of hydrogen-bond acceptors (Lipinski definition) is 10. The smallest absolute Gasteiger partial charge is 0.229 e. The van der Waals surface area contributed by atoms with E-state index in [0.29, 0.717) is 47.9 Å². The molecule has 0 amide bonds. The van der Waals surface area contributed by atoms with Crippen LogP contribution < -0.4 is 20.8 Å². The van der Waals surface area contributed by atoms with E-state index >= 15 is 0 Å². The van der Waals surface area contributed by atoms with Crippen LogP contribution in [0.5, 0.6) is 0 Å². The lowest BCUT2D eigenvalue weighted by molar-refractivity contribution is -0.0329. The third kappa shape index (κ3) is 4.81. The zero-order valence-electron chi connectivity index (χ0n) is 17.4. The molecule has 5 rings (SSSR count). The van der Waals surface area contributed by atoms with Gasteiger partial charge in [-0.2, -0.15) is 4.98 Å².